The molecule has 0 aliphatic carbocycles. The highest BCUT2D eigenvalue weighted by atomic mass is 16.6. The number of aliphatic hydroxyl groups is 1. The van der Waals surface area contributed by atoms with Gasteiger partial charge in [-0.25, -0.2) is 4.79 Å². The quantitative estimate of drug-likeness (QED) is 0.563. The second kappa shape index (κ2) is 8.29. The Morgan fingerprint density at radius 2 is 1.82 bits per heavy atom. The molecular weight excluding hydrogens is 424 g/mol. The Bertz CT molecular complexity index is 1220. The number of carbonyl (C=O) groups is 2. The van der Waals surface area contributed by atoms with Gasteiger partial charge in [-0.1, -0.05) is 42.5 Å². The van der Waals surface area contributed by atoms with Crippen molar-refractivity contribution in [2.45, 2.75) is 18.6 Å². The van der Waals surface area contributed by atoms with Crippen molar-refractivity contribution < 1.29 is 28.9 Å². The van der Waals surface area contributed by atoms with Crippen molar-refractivity contribution in [2.24, 2.45) is 0 Å². The van der Waals surface area contributed by atoms with Crippen molar-refractivity contribution in [1.82, 2.24) is 10.2 Å². The van der Waals surface area contributed by atoms with Crippen LogP contribution >= 0.6 is 0 Å². The summed E-state index contributed by atoms with van der Waals surface area (Å²) in [4.78, 5) is 26.9. The first kappa shape index (κ1) is 21.1. The summed E-state index contributed by atoms with van der Waals surface area (Å²) in [5.41, 5.74) is -0.697. The summed E-state index contributed by atoms with van der Waals surface area (Å²) in [6, 6.07) is 18.0. The number of nitrogens with zero attached hydrogens (tertiary/aromatic N) is 1. The maximum absolute atomic E-state index is 13.2. The van der Waals surface area contributed by atoms with E-state index in [-0.39, 0.29) is 13.2 Å². The molecule has 2 aliphatic heterocycles. The Labute approximate surface area is 190 Å². The molecule has 2 heterocycles. The number of benzene rings is 3. The fourth-order valence-electron chi connectivity index (χ4n) is 4.18. The third kappa shape index (κ3) is 3.82. The van der Waals surface area contributed by atoms with Crippen LogP contribution in [0.25, 0.3) is 10.8 Å². The first-order valence-corrected chi connectivity index (χ1v) is 10.8. The van der Waals surface area contributed by atoms with Crippen LogP contribution in [-0.2, 0) is 10.3 Å². The minimum absolute atomic E-state index is 0.0637. The lowest BCUT2D eigenvalue weighted by Gasteiger charge is -2.25. The van der Waals surface area contributed by atoms with Crippen LogP contribution < -0.4 is 19.5 Å². The van der Waals surface area contributed by atoms with E-state index in [2.05, 4.69) is 5.32 Å². The van der Waals surface area contributed by atoms with Crippen LogP contribution in [0.15, 0.2) is 60.7 Å². The van der Waals surface area contributed by atoms with Gasteiger partial charge in [-0.15, -0.1) is 0 Å². The maximum Gasteiger partial charge on any atom is 0.325 e. The molecule has 5 rings (SSSR count). The molecule has 8 nitrogen and oxygen atoms in total. The lowest BCUT2D eigenvalue weighted by molar-refractivity contribution is -0.132. The molecule has 0 aromatic heterocycles. The standard InChI is InChI=1S/C25H24N2O6/c1-25(17-9-10-21-22(13-17)32-12-11-31-21)23(29)27(24(30)26-25)14-18(28)15-33-20-8-4-6-16-5-2-3-7-19(16)20/h2-10,13,18,28H,11-12,14-15H2,1H3,(H,26,30). The van der Waals surface area contributed by atoms with Gasteiger partial charge in [0.15, 0.2) is 11.5 Å². The molecule has 0 saturated carbocycles. The maximum atomic E-state index is 13.2. The van der Waals surface area contributed by atoms with Crippen LogP contribution in [-0.4, -0.2) is 54.4 Å². The number of β-amino-alcohol motifs (C(OH)–C–C–N with tert-alkyl or cyclic N) is 1. The molecule has 1 saturated heterocycles. The molecule has 0 radical (unpaired) electrons. The lowest BCUT2D eigenvalue weighted by atomic mass is 9.91. The minimum Gasteiger partial charge on any atom is -0.490 e. The number of urea groups is 1. The van der Waals surface area contributed by atoms with Gasteiger partial charge in [-0.2, -0.15) is 0 Å². The summed E-state index contributed by atoms with van der Waals surface area (Å²) in [7, 11) is 0. The largest absolute Gasteiger partial charge is 0.490 e. The third-order valence-electron chi connectivity index (χ3n) is 5.97. The van der Waals surface area contributed by atoms with Gasteiger partial charge in [0.1, 0.15) is 37.2 Å². The second-order valence-electron chi connectivity index (χ2n) is 8.27. The number of amides is 3. The Balaban J connectivity index is 1.28. The number of rotatable bonds is 6. The van der Waals surface area contributed by atoms with Gasteiger partial charge in [0, 0.05) is 5.39 Å². The monoisotopic (exact) mass is 448 g/mol. The topological polar surface area (TPSA) is 97.3 Å². The summed E-state index contributed by atoms with van der Waals surface area (Å²) >= 11 is 0. The van der Waals surface area contributed by atoms with Gasteiger partial charge in [-0.3, -0.25) is 9.69 Å². The molecule has 2 N–H and O–H groups in total. The molecule has 33 heavy (non-hydrogen) atoms. The Morgan fingerprint density at radius 1 is 1.06 bits per heavy atom. The lowest BCUT2D eigenvalue weighted by Crippen LogP contribution is -2.42. The van der Waals surface area contributed by atoms with E-state index in [0.717, 1.165) is 15.7 Å². The zero-order valence-corrected chi connectivity index (χ0v) is 18.1. The normalized spacial score (nSPS) is 20.6. The van der Waals surface area contributed by atoms with Crippen LogP contribution in [0.2, 0.25) is 0 Å². The number of hydrogen-bond donors (Lipinski definition) is 2. The molecule has 3 aromatic rings. The van der Waals surface area contributed by atoms with E-state index >= 15 is 0 Å². The molecule has 2 atom stereocenters. The molecule has 8 heteroatoms. The third-order valence-corrected chi connectivity index (χ3v) is 5.97. The van der Waals surface area contributed by atoms with Gasteiger partial charge in [0.05, 0.1) is 6.54 Å². The van der Waals surface area contributed by atoms with Crippen LogP contribution in [0.3, 0.4) is 0 Å². The van der Waals surface area contributed by atoms with Crippen molar-refractivity contribution in [1.29, 1.82) is 0 Å². The number of carbonyl (C=O) groups excluding carboxylic acids is 2. The van der Waals surface area contributed by atoms with Crippen LogP contribution in [0, 0.1) is 0 Å². The van der Waals surface area contributed by atoms with E-state index in [9.17, 15) is 14.7 Å². The number of hydrogen-bond acceptors (Lipinski definition) is 6. The van der Waals surface area contributed by atoms with E-state index in [1.54, 1.807) is 25.1 Å². The highest BCUT2D eigenvalue weighted by Gasteiger charge is 2.49. The number of fused-ring (bicyclic) bond motifs is 2. The molecule has 3 amide bonds. The predicted octanol–water partition coefficient (Wildman–Crippen LogP) is 2.82. The Kier molecular flexibility index (Phi) is 5.30. The Morgan fingerprint density at radius 3 is 2.67 bits per heavy atom. The van der Waals surface area contributed by atoms with Crippen molar-refractivity contribution in [2.75, 3.05) is 26.4 Å². The Hall–Kier alpha value is -3.78. The molecule has 1 fully saturated rings. The smallest absolute Gasteiger partial charge is 0.325 e. The van der Waals surface area contributed by atoms with Gasteiger partial charge in [-0.05, 0) is 36.1 Å². The predicted molar refractivity (Wildman–Crippen MR) is 120 cm³/mol. The van der Waals surface area contributed by atoms with Gasteiger partial charge < -0.3 is 24.6 Å². The average Bonchev–Trinajstić information content (AvgIpc) is 3.06. The molecule has 2 aliphatic rings. The van der Waals surface area contributed by atoms with E-state index in [1.165, 1.54) is 0 Å². The minimum atomic E-state index is -1.27. The van der Waals surface area contributed by atoms with Crippen LogP contribution in [0.5, 0.6) is 17.2 Å². The fourth-order valence-corrected chi connectivity index (χ4v) is 4.18. The summed E-state index contributed by atoms with van der Waals surface area (Å²) in [5.74, 6) is 1.31. The van der Waals surface area contributed by atoms with Crippen molar-refractivity contribution in [3.05, 3.63) is 66.2 Å². The van der Waals surface area contributed by atoms with Crippen molar-refractivity contribution in [3.63, 3.8) is 0 Å². The average molecular weight is 448 g/mol. The molecule has 2 unspecified atom stereocenters. The van der Waals surface area contributed by atoms with Crippen LogP contribution in [0.1, 0.15) is 12.5 Å². The highest BCUT2D eigenvalue weighted by Crippen LogP contribution is 2.37. The zero-order valence-electron chi connectivity index (χ0n) is 18.1. The zero-order chi connectivity index (χ0) is 23.0. The van der Waals surface area contributed by atoms with Crippen LogP contribution in [0.4, 0.5) is 4.79 Å². The van der Waals surface area contributed by atoms with E-state index in [0.29, 0.717) is 36.0 Å². The van der Waals surface area contributed by atoms with E-state index in [4.69, 9.17) is 14.2 Å². The molecule has 0 bridgehead atoms. The van der Waals surface area contributed by atoms with Crippen molar-refractivity contribution in [3.8, 4) is 17.2 Å². The van der Waals surface area contributed by atoms with Crippen molar-refractivity contribution >= 4 is 22.7 Å². The number of ether oxygens (including phenoxy) is 3. The van der Waals surface area contributed by atoms with E-state index < -0.39 is 23.6 Å². The first-order chi connectivity index (χ1) is 16.0. The number of imide groups is 1. The first-order valence-electron chi connectivity index (χ1n) is 10.8. The van der Waals surface area contributed by atoms with E-state index in [1.807, 2.05) is 42.5 Å². The molecule has 3 aromatic carbocycles. The second-order valence-corrected chi connectivity index (χ2v) is 8.27. The number of nitrogens with one attached hydrogen (secondary N) is 1. The summed E-state index contributed by atoms with van der Waals surface area (Å²) in [5, 5.41) is 15.2. The van der Waals surface area contributed by atoms with Gasteiger partial charge >= 0.3 is 6.03 Å². The fraction of sp³-hybridized carbons (Fsp3) is 0.280. The van der Waals surface area contributed by atoms with Gasteiger partial charge in [0.25, 0.3) is 5.91 Å². The summed E-state index contributed by atoms with van der Waals surface area (Å²) < 4.78 is 16.9. The summed E-state index contributed by atoms with van der Waals surface area (Å²) in [6.45, 7) is 2.27. The number of aliphatic hydroxyl groups excluding tert-OH is 1. The van der Waals surface area contributed by atoms with Gasteiger partial charge in [0.2, 0.25) is 0 Å². The SMILES string of the molecule is CC1(c2ccc3c(c2)OCCO3)NC(=O)N(CC(O)COc2cccc3ccccc23)C1=O. The molecular formula is C25H24N2O6. The summed E-state index contributed by atoms with van der Waals surface area (Å²) in [6.07, 6.45) is -1.05. The molecule has 0 spiro atoms. The molecule has 170 valence electrons. The highest BCUT2D eigenvalue weighted by molar-refractivity contribution is 6.07.